The maximum absolute atomic E-state index is 4.83. The molecule has 0 unspecified atom stereocenters. The number of fused-ring (bicyclic) bond motifs is 2. The van der Waals surface area contributed by atoms with Gasteiger partial charge in [-0.25, -0.2) is 9.97 Å². The SMILES string of the molecule is Cc1nc(CN2CCC[C@@H](c3nc4ccccc4[nH]3)C2)c2ccccn12. The van der Waals surface area contributed by atoms with Gasteiger partial charge in [0.05, 0.1) is 22.2 Å². The van der Waals surface area contributed by atoms with E-state index in [0.717, 1.165) is 42.3 Å². The number of nitrogens with one attached hydrogen (secondary N) is 1. The average molecular weight is 345 g/mol. The maximum atomic E-state index is 4.83. The van der Waals surface area contributed by atoms with Gasteiger partial charge in [0.2, 0.25) is 0 Å². The molecule has 0 amide bonds. The van der Waals surface area contributed by atoms with Crippen LogP contribution in [0.1, 0.15) is 36.1 Å². The predicted octanol–water partition coefficient (Wildman–Crippen LogP) is 3.90. The molecule has 0 bridgehead atoms. The van der Waals surface area contributed by atoms with Crippen molar-refractivity contribution in [2.45, 2.75) is 32.2 Å². The van der Waals surface area contributed by atoms with Crippen molar-refractivity contribution in [3.05, 3.63) is 66.0 Å². The molecule has 1 atom stereocenters. The Morgan fingerprint density at radius 2 is 2.00 bits per heavy atom. The zero-order valence-electron chi connectivity index (χ0n) is 15.0. The Labute approximate surface area is 152 Å². The lowest BCUT2D eigenvalue weighted by Crippen LogP contribution is -2.34. The highest BCUT2D eigenvalue weighted by atomic mass is 15.2. The highest BCUT2D eigenvalue weighted by Crippen LogP contribution is 2.28. The maximum Gasteiger partial charge on any atom is 0.111 e. The van der Waals surface area contributed by atoms with E-state index < -0.39 is 0 Å². The summed E-state index contributed by atoms with van der Waals surface area (Å²) in [6.07, 6.45) is 4.49. The molecule has 4 aromatic rings. The molecule has 1 aliphatic rings. The molecule has 1 fully saturated rings. The standard InChI is InChI=1S/C21H23N5/c1-15-22-19(20-10-4-5-12-26(15)20)14-25-11-6-7-16(13-25)21-23-17-8-2-3-9-18(17)24-21/h2-5,8-10,12,16H,6-7,11,13-14H2,1H3,(H,23,24)/t16-/m1/s1. The molecule has 5 nitrogen and oxygen atoms in total. The molecule has 1 saturated heterocycles. The minimum atomic E-state index is 0.464. The number of hydrogen-bond donors (Lipinski definition) is 1. The molecular formula is C21H23N5. The number of piperidine rings is 1. The number of pyridine rings is 1. The summed E-state index contributed by atoms with van der Waals surface area (Å²) in [5.41, 5.74) is 4.59. The minimum absolute atomic E-state index is 0.464. The van der Waals surface area contributed by atoms with E-state index in [0.29, 0.717) is 5.92 Å². The summed E-state index contributed by atoms with van der Waals surface area (Å²) < 4.78 is 2.18. The minimum Gasteiger partial charge on any atom is -0.342 e. The van der Waals surface area contributed by atoms with Crippen molar-refractivity contribution in [1.82, 2.24) is 24.3 Å². The lowest BCUT2D eigenvalue weighted by Gasteiger charge is -2.31. The molecule has 1 aliphatic heterocycles. The summed E-state index contributed by atoms with van der Waals surface area (Å²) in [5.74, 6) is 2.65. The molecule has 0 radical (unpaired) electrons. The van der Waals surface area contributed by atoms with Gasteiger partial charge < -0.3 is 9.38 Å². The van der Waals surface area contributed by atoms with E-state index in [1.807, 2.05) is 6.07 Å². The van der Waals surface area contributed by atoms with E-state index in [9.17, 15) is 0 Å². The Hall–Kier alpha value is -2.66. The largest absolute Gasteiger partial charge is 0.342 e. The fourth-order valence-corrected chi connectivity index (χ4v) is 4.18. The first-order chi connectivity index (χ1) is 12.8. The van der Waals surface area contributed by atoms with Gasteiger partial charge in [-0.1, -0.05) is 18.2 Å². The average Bonchev–Trinajstić information content (AvgIpc) is 3.24. The van der Waals surface area contributed by atoms with E-state index in [4.69, 9.17) is 9.97 Å². The number of aryl methyl sites for hydroxylation is 1. The second kappa shape index (κ2) is 6.25. The van der Waals surface area contributed by atoms with Crippen LogP contribution in [0.25, 0.3) is 16.6 Å². The van der Waals surface area contributed by atoms with Gasteiger partial charge in [-0.05, 0) is 50.6 Å². The molecule has 1 aromatic carbocycles. The number of imidazole rings is 2. The first-order valence-corrected chi connectivity index (χ1v) is 9.37. The van der Waals surface area contributed by atoms with Gasteiger partial charge in [0.25, 0.3) is 0 Å². The lowest BCUT2D eigenvalue weighted by atomic mass is 9.97. The van der Waals surface area contributed by atoms with Crippen LogP contribution in [0.2, 0.25) is 0 Å². The van der Waals surface area contributed by atoms with Crippen molar-refractivity contribution in [1.29, 1.82) is 0 Å². The lowest BCUT2D eigenvalue weighted by molar-refractivity contribution is 0.196. The van der Waals surface area contributed by atoms with Crippen molar-refractivity contribution in [2.75, 3.05) is 13.1 Å². The summed E-state index contributed by atoms with van der Waals surface area (Å²) in [7, 11) is 0. The van der Waals surface area contributed by atoms with E-state index in [2.05, 4.69) is 63.8 Å². The molecular weight excluding hydrogens is 322 g/mol. The van der Waals surface area contributed by atoms with Gasteiger partial charge in [0.15, 0.2) is 0 Å². The number of nitrogens with zero attached hydrogens (tertiary/aromatic N) is 4. The summed E-state index contributed by atoms with van der Waals surface area (Å²) in [6, 6.07) is 14.6. The third-order valence-electron chi connectivity index (χ3n) is 5.47. The number of likely N-dealkylation sites (tertiary alicyclic amines) is 1. The number of para-hydroxylation sites is 2. The Bertz CT molecular complexity index is 1030. The fraction of sp³-hybridized carbons (Fsp3) is 0.333. The normalized spacial score (nSPS) is 18.7. The number of aromatic amines is 1. The zero-order chi connectivity index (χ0) is 17.5. The van der Waals surface area contributed by atoms with Crippen LogP contribution in [0.5, 0.6) is 0 Å². The zero-order valence-corrected chi connectivity index (χ0v) is 15.0. The summed E-state index contributed by atoms with van der Waals surface area (Å²) in [4.78, 5) is 15.7. The molecule has 132 valence electrons. The molecule has 5 heteroatoms. The monoisotopic (exact) mass is 345 g/mol. The van der Waals surface area contributed by atoms with E-state index in [1.54, 1.807) is 0 Å². The van der Waals surface area contributed by atoms with E-state index >= 15 is 0 Å². The summed E-state index contributed by atoms with van der Waals surface area (Å²) >= 11 is 0. The third kappa shape index (κ3) is 2.69. The molecule has 0 saturated carbocycles. The van der Waals surface area contributed by atoms with Gasteiger partial charge in [-0.2, -0.15) is 0 Å². The van der Waals surface area contributed by atoms with Gasteiger partial charge in [-0.3, -0.25) is 4.90 Å². The van der Waals surface area contributed by atoms with Crippen LogP contribution in [0.3, 0.4) is 0 Å². The van der Waals surface area contributed by atoms with Crippen molar-refractivity contribution >= 4 is 16.6 Å². The second-order valence-corrected chi connectivity index (χ2v) is 7.28. The quantitative estimate of drug-likeness (QED) is 0.613. The van der Waals surface area contributed by atoms with Crippen molar-refractivity contribution < 1.29 is 0 Å². The highest BCUT2D eigenvalue weighted by Gasteiger charge is 2.25. The Morgan fingerprint density at radius 1 is 1.12 bits per heavy atom. The van der Waals surface area contributed by atoms with Crippen LogP contribution >= 0.6 is 0 Å². The number of H-pyrrole nitrogens is 1. The summed E-state index contributed by atoms with van der Waals surface area (Å²) in [5, 5.41) is 0. The van der Waals surface area contributed by atoms with Crippen molar-refractivity contribution in [3.63, 3.8) is 0 Å². The van der Waals surface area contributed by atoms with Crippen LogP contribution < -0.4 is 0 Å². The Balaban J connectivity index is 1.38. The molecule has 1 N–H and O–H groups in total. The van der Waals surface area contributed by atoms with E-state index in [1.165, 1.54) is 24.1 Å². The molecule has 0 aliphatic carbocycles. The highest BCUT2D eigenvalue weighted by molar-refractivity contribution is 5.74. The molecule has 4 heterocycles. The molecule has 0 spiro atoms. The molecule has 5 rings (SSSR count). The Kier molecular flexibility index (Phi) is 3.75. The third-order valence-corrected chi connectivity index (χ3v) is 5.47. The van der Waals surface area contributed by atoms with Crippen LogP contribution in [0.15, 0.2) is 48.7 Å². The van der Waals surface area contributed by atoms with Gasteiger partial charge >= 0.3 is 0 Å². The number of rotatable bonds is 3. The topological polar surface area (TPSA) is 49.2 Å². The van der Waals surface area contributed by atoms with E-state index in [-0.39, 0.29) is 0 Å². The number of hydrogen-bond acceptors (Lipinski definition) is 3. The first kappa shape index (κ1) is 15.6. The van der Waals surface area contributed by atoms with Crippen LogP contribution in [-0.4, -0.2) is 37.3 Å². The molecule has 26 heavy (non-hydrogen) atoms. The van der Waals surface area contributed by atoms with Gasteiger partial charge in [0.1, 0.15) is 11.6 Å². The number of benzene rings is 1. The fourth-order valence-electron chi connectivity index (χ4n) is 4.18. The number of aromatic nitrogens is 4. The van der Waals surface area contributed by atoms with Crippen molar-refractivity contribution in [3.8, 4) is 0 Å². The predicted molar refractivity (Wildman–Crippen MR) is 103 cm³/mol. The van der Waals surface area contributed by atoms with Crippen LogP contribution in [-0.2, 0) is 6.54 Å². The van der Waals surface area contributed by atoms with Crippen molar-refractivity contribution in [2.24, 2.45) is 0 Å². The first-order valence-electron chi connectivity index (χ1n) is 9.37. The molecule has 3 aromatic heterocycles. The summed E-state index contributed by atoms with van der Waals surface area (Å²) in [6.45, 7) is 5.13. The smallest absolute Gasteiger partial charge is 0.111 e. The van der Waals surface area contributed by atoms with Crippen LogP contribution in [0.4, 0.5) is 0 Å². The van der Waals surface area contributed by atoms with Gasteiger partial charge in [0, 0.05) is 25.2 Å². The van der Waals surface area contributed by atoms with Gasteiger partial charge in [-0.15, -0.1) is 0 Å². The Morgan fingerprint density at radius 3 is 2.92 bits per heavy atom. The second-order valence-electron chi connectivity index (χ2n) is 7.28. The van der Waals surface area contributed by atoms with Crippen LogP contribution in [0, 0.1) is 6.92 Å².